The van der Waals surface area contributed by atoms with Crippen LogP contribution in [0.15, 0.2) is 53.5 Å². The zero-order chi connectivity index (χ0) is 22.1. The van der Waals surface area contributed by atoms with Gasteiger partial charge in [0.05, 0.1) is 18.3 Å². The topological polar surface area (TPSA) is 54.9 Å². The van der Waals surface area contributed by atoms with Gasteiger partial charge in [-0.2, -0.15) is 13.2 Å². The minimum atomic E-state index is -4.35. The van der Waals surface area contributed by atoms with Gasteiger partial charge in [-0.3, -0.25) is 4.99 Å². The Balaban J connectivity index is 1.44. The smallest absolute Gasteiger partial charge is 0.381 e. The maximum Gasteiger partial charge on any atom is 0.416 e. The lowest BCUT2D eigenvalue weighted by molar-refractivity contribution is -0.137. The maximum atomic E-state index is 12.8. The normalized spacial score (nSPS) is 15.7. The van der Waals surface area contributed by atoms with Crippen LogP contribution in [0.4, 0.5) is 13.2 Å². The quantitative estimate of drug-likeness (QED) is 0.504. The lowest BCUT2D eigenvalue weighted by atomic mass is 10.1. The number of nitrogens with one attached hydrogen (secondary N) is 2. The predicted molar refractivity (Wildman–Crippen MR) is 114 cm³/mol. The van der Waals surface area contributed by atoms with Gasteiger partial charge >= 0.3 is 6.18 Å². The molecule has 0 unspecified atom stereocenters. The first-order chi connectivity index (χ1) is 14.9. The summed E-state index contributed by atoms with van der Waals surface area (Å²) in [5.74, 6) is 0.518. The summed E-state index contributed by atoms with van der Waals surface area (Å²) in [6.45, 7) is 2.89. The van der Waals surface area contributed by atoms with Gasteiger partial charge in [0.25, 0.3) is 0 Å². The zero-order valence-electron chi connectivity index (χ0n) is 17.5. The summed E-state index contributed by atoms with van der Waals surface area (Å²) in [7, 11) is 1.62. The molecular formula is C23H28F3N3O2. The van der Waals surface area contributed by atoms with Gasteiger partial charge in [-0.25, -0.2) is 0 Å². The Hall–Kier alpha value is -2.58. The third kappa shape index (κ3) is 7.56. The molecule has 0 radical (unpaired) electrons. The Morgan fingerprint density at radius 2 is 1.65 bits per heavy atom. The lowest BCUT2D eigenvalue weighted by Crippen LogP contribution is -2.36. The van der Waals surface area contributed by atoms with E-state index in [1.807, 2.05) is 24.3 Å². The third-order valence-corrected chi connectivity index (χ3v) is 5.07. The van der Waals surface area contributed by atoms with Crippen LogP contribution in [0.1, 0.15) is 35.1 Å². The molecule has 1 heterocycles. The summed E-state index contributed by atoms with van der Waals surface area (Å²) in [4.78, 5) is 4.13. The Morgan fingerprint density at radius 1 is 1.00 bits per heavy atom. The molecule has 1 fully saturated rings. The first kappa shape index (κ1) is 23.1. The van der Waals surface area contributed by atoms with Gasteiger partial charge < -0.3 is 20.1 Å². The highest BCUT2D eigenvalue weighted by Crippen LogP contribution is 2.29. The maximum absolute atomic E-state index is 12.8. The monoisotopic (exact) mass is 435 g/mol. The number of nitrogens with zero attached hydrogens (tertiary/aromatic N) is 1. The van der Waals surface area contributed by atoms with Crippen molar-refractivity contribution < 1.29 is 22.6 Å². The first-order valence-corrected chi connectivity index (χ1v) is 10.3. The predicted octanol–water partition coefficient (Wildman–Crippen LogP) is 4.27. The number of halogens is 3. The van der Waals surface area contributed by atoms with Gasteiger partial charge in [-0.15, -0.1) is 0 Å². The summed E-state index contributed by atoms with van der Waals surface area (Å²) in [6.07, 6.45) is -2.21. The van der Waals surface area contributed by atoms with Crippen molar-refractivity contribution in [1.29, 1.82) is 0 Å². The third-order valence-electron chi connectivity index (χ3n) is 5.07. The van der Waals surface area contributed by atoms with E-state index in [4.69, 9.17) is 9.47 Å². The fourth-order valence-electron chi connectivity index (χ4n) is 3.26. The van der Waals surface area contributed by atoms with Crippen LogP contribution >= 0.6 is 0 Å². The van der Waals surface area contributed by atoms with Crippen LogP contribution in [0.2, 0.25) is 0 Å². The molecule has 2 aromatic carbocycles. The van der Waals surface area contributed by atoms with Crippen molar-refractivity contribution in [3.05, 3.63) is 70.8 Å². The molecule has 0 saturated carbocycles. The second kappa shape index (κ2) is 11.2. The van der Waals surface area contributed by atoms with Gasteiger partial charge in [-0.05, 0) is 41.7 Å². The van der Waals surface area contributed by atoms with Crippen LogP contribution in [-0.4, -0.2) is 32.3 Å². The molecule has 2 aromatic rings. The van der Waals surface area contributed by atoms with Crippen LogP contribution in [0.3, 0.4) is 0 Å². The number of hydrogen-bond acceptors (Lipinski definition) is 3. The SMILES string of the molecule is CN=C(NCc1ccc(COC2CCOCC2)cc1)NCc1cccc(C(F)(F)F)c1. The number of alkyl halides is 3. The molecule has 3 rings (SSSR count). The molecule has 5 nitrogen and oxygen atoms in total. The van der Waals surface area contributed by atoms with Crippen molar-refractivity contribution in [2.75, 3.05) is 20.3 Å². The molecule has 8 heteroatoms. The molecule has 0 aromatic heterocycles. The molecule has 0 spiro atoms. The van der Waals surface area contributed by atoms with Crippen LogP contribution in [0.5, 0.6) is 0 Å². The number of aliphatic imine (C=N–C) groups is 1. The highest BCUT2D eigenvalue weighted by Gasteiger charge is 2.30. The van der Waals surface area contributed by atoms with Crippen molar-refractivity contribution in [3.8, 4) is 0 Å². The van der Waals surface area contributed by atoms with Crippen LogP contribution in [-0.2, 0) is 35.3 Å². The van der Waals surface area contributed by atoms with Crippen LogP contribution < -0.4 is 10.6 Å². The average Bonchev–Trinajstić information content (AvgIpc) is 2.79. The number of hydrogen-bond donors (Lipinski definition) is 2. The second-order valence-electron chi connectivity index (χ2n) is 7.42. The summed E-state index contributed by atoms with van der Waals surface area (Å²) < 4.78 is 49.8. The zero-order valence-corrected chi connectivity index (χ0v) is 17.5. The Labute approximate surface area is 180 Å². The largest absolute Gasteiger partial charge is 0.416 e. The fourth-order valence-corrected chi connectivity index (χ4v) is 3.26. The van der Waals surface area contributed by atoms with E-state index in [1.165, 1.54) is 6.07 Å². The summed E-state index contributed by atoms with van der Waals surface area (Å²) in [5.41, 5.74) is 2.06. The Kier molecular flexibility index (Phi) is 8.31. The molecule has 1 aliphatic rings. The molecule has 31 heavy (non-hydrogen) atoms. The van der Waals surface area contributed by atoms with Gasteiger partial charge in [0.2, 0.25) is 0 Å². The van der Waals surface area contributed by atoms with E-state index in [9.17, 15) is 13.2 Å². The molecule has 1 saturated heterocycles. The van der Waals surface area contributed by atoms with E-state index in [0.717, 1.165) is 49.3 Å². The Morgan fingerprint density at radius 3 is 2.29 bits per heavy atom. The standard InChI is InChI=1S/C23H28F3N3O2/c1-27-22(29-15-19-3-2-4-20(13-19)23(24,25)26)28-14-17-5-7-18(8-6-17)16-31-21-9-11-30-12-10-21/h2-8,13,21H,9-12,14-16H2,1H3,(H2,27,28,29). The van der Waals surface area contributed by atoms with Gasteiger partial charge in [0, 0.05) is 33.4 Å². The van der Waals surface area contributed by atoms with E-state index >= 15 is 0 Å². The minimum absolute atomic E-state index is 0.242. The minimum Gasteiger partial charge on any atom is -0.381 e. The van der Waals surface area contributed by atoms with E-state index < -0.39 is 11.7 Å². The molecule has 0 amide bonds. The molecule has 0 atom stereocenters. The Bertz CT molecular complexity index is 848. The highest BCUT2D eigenvalue weighted by atomic mass is 19.4. The summed E-state index contributed by atoms with van der Waals surface area (Å²) in [6, 6.07) is 13.4. The molecule has 2 N–H and O–H groups in total. The van der Waals surface area contributed by atoms with Crippen molar-refractivity contribution in [3.63, 3.8) is 0 Å². The van der Waals surface area contributed by atoms with Gasteiger partial charge in [0.1, 0.15) is 0 Å². The van der Waals surface area contributed by atoms with Crippen molar-refractivity contribution >= 4 is 5.96 Å². The first-order valence-electron chi connectivity index (χ1n) is 10.3. The number of guanidine groups is 1. The second-order valence-corrected chi connectivity index (χ2v) is 7.42. The van der Waals surface area contributed by atoms with E-state index in [-0.39, 0.29) is 12.6 Å². The fraction of sp³-hybridized carbons (Fsp3) is 0.435. The van der Waals surface area contributed by atoms with Crippen molar-refractivity contribution in [2.24, 2.45) is 4.99 Å². The van der Waals surface area contributed by atoms with E-state index in [2.05, 4.69) is 15.6 Å². The van der Waals surface area contributed by atoms with E-state index in [1.54, 1.807) is 13.1 Å². The molecule has 0 aliphatic carbocycles. The highest BCUT2D eigenvalue weighted by molar-refractivity contribution is 5.79. The lowest BCUT2D eigenvalue weighted by Gasteiger charge is -2.22. The molecule has 168 valence electrons. The number of benzene rings is 2. The average molecular weight is 435 g/mol. The van der Waals surface area contributed by atoms with Crippen LogP contribution in [0.25, 0.3) is 0 Å². The van der Waals surface area contributed by atoms with Crippen LogP contribution in [0, 0.1) is 0 Å². The number of rotatable bonds is 7. The number of ether oxygens (including phenoxy) is 2. The molecular weight excluding hydrogens is 407 g/mol. The summed E-state index contributed by atoms with van der Waals surface area (Å²) >= 11 is 0. The molecule has 0 bridgehead atoms. The molecule has 1 aliphatic heterocycles. The van der Waals surface area contributed by atoms with Gasteiger partial charge in [-0.1, -0.05) is 36.4 Å². The van der Waals surface area contributed by atoms with Crippen molar-refractivity contribution in [2.45, 2.75) is 44.8 Å². The summed E-state index contributed by atoms with van der Waals surface area (Å²) in [5, 5.41) is 6.22. The van der Waals surface area contributed by atoms with Crippen molar-refractivity contribution in [1.82, 2.24) is 10.6 Å². The van der Waals surface area contributed by atoms with E-state index in [0.29, 0.717) is 24.7 Å². The van der Waals surface area contributed by atoms with Gasteiger partial charge in [0.15, 0.2) is 5.96 Å².